The van der Waals surface area contributed by atoms with Crippen LogP contribution in [0.25, 0.3) is 6.08 Å². The summed E-state index contributed by atoms with van der Waals surface area (Å²) in [5, 5.41) is 23.0. The van der Waals surface area contributed by atoms with Crippen molar-refractivity contribution in [1.29, 1.82) is 5.26 Å². The molecule has 0 aliphatic rings. The third-order valence-electron chi connectivity index (χ3n) is 3.94. The first-order chi connectivity index (χ1) is 11.7. The van der Waals surface area contributed by atoms with Gasteiger partial charge in [0.15, 0.2) is 0 Å². The highest BCUT2D eigenvalue weighted by Crippen LogP contribution is 2.35. The van der Waals surface area contributed by atoms with Gasteiger partial charge >= 0.3 is 0 Å². The van der Waals surface area contributed by atoms with E-state index in [0.29, 0.717) is 5.56 Å². The van der Waals surface area contributed by atoms with Crippen LogP contribution in [-0.4, -0.2) is 13.5 Å². The van der Waals surface area contributed by atoms with Gasteiger partial charge in [-0.25, -0.2) is 8.42 Å². The van der Waals surface area contributed by atoms with E-state index in [0.717, 1.165) is 11.1 Å². The smallest absolute Gasteiger partial charge is 0.217 e. The summed E-state index contributed by atoms with van der Waals surface area (Å²) in [6.07, 6.45) is 1.38. The second-order valence-corrected chi connectivity index (χ2v) is 9.14. The first-order valence-corrected chi connectivity index (χ1v) is 10.4. The lowest BCUT2D eigenvalue weighted by molar-refractivity contribution is 0.454. The molecule has 6 heteroatoms. The molecular weight excluding hydrogens is 354 g/mol. The number of thiophene rings is 1. The van der Waals surface area contributed by atoms with Crippen molar-refractivity contribution in [1.82, 2.24) is 0 Å². The van der Waals surface area contributed by atoms with Crippen molar-refractivity contribution in [3.8, 4) is 11.8 Å². The molecule has 0 fully saturated rings. The predicted octanol–water partition coefficient (Wildman–Crippen LogP) is 5.04. The summed E-state index contributed by atoms with van der Waals surface area (Å²) in [6, 6.07) is 6.78. The quantitative estimate of drug-likeness (QED) is 0.743. The number of hydrogen-bond acceptors (Lipinski definition) is 5. The highest BCUT2D eigenvalue weighted by atomic mass is 32.2. The molecular formula is C19H21NO3S2. The molecule has 2 aromatic rings. The van der Waals surface area contributed by atoms with E-state index >= 15 is 0 Å². The number of phenolic OH excluding ortho intramolecular Hbond substituents is 1. The summed E-state index contributed by atoms with van der Waals surface area (Å²) >= 11 is 1.27. The van der Waals surface area contributed by atoms with E-state index in [1.807, 2.05) is 27.7 Å². The van der Waals surface area contributed by atoms with Crippen molar-refractivity contribution in [2.75, 3.05) is 0 Å². The van der Waals surface area contributed by atoms with Gasteiger partial charge < -0.3 is 5.11 Å². The van der Waals surface area contributed by atoms with Crippen LogP contribution in [0.1, 0.15) is 56.2 Å². The van der Waals surface area contributed by atoms with Gasteiger partial charge in [0.25, 0.3) is 0 Å². The minimum absolute atomic E-state index is 0.0740. The summed E-state index contributed by atoms with van der Waals surface area (Å²) < 4.78 is 25.2. The summed E-state index contributed by atoms with van der Waals surface area (Å²) in [5.74, 6) is 0.385. The van der Waals surface area contributed by atoms with E-state index in [-0.39, 0.29) is 27.4 Å². The van der Waals surface area contributed by atoms with Gasteiger partial charge in [0, 0.05) is 5.38 Å². The molecule has 0 atom stereocenters. The molecule has 0 aliphatic heterocycles. The molecule has 2 rings (SSSR count). The molecule has 0 aliphatic carbocycles. The van der Waals surface area contributed by atoms with Crippen LogP contribution in [0, 0.1) is 11.3 Å². The Labute approximate surface area is 153 Å². The molecule has 0 saturated carbocycles. The first-order valence-electron chi connectivity index (χ1n) is 7.94. The van der Waals surface area contributed by atoms with E-state index < -0.39 is 9.84 Å². The van der Waals surface area contributed by atoms with Crippen LogP contribution >= 0.6 is 11.3 Å². The number of benzene rings is 1. The van der Waals surface area contributed by atoms with E-state index in [1.54, 1.807) is 23.6 Å². The van der Waals surface area contributed by atoms with Crippen LogP contribution in [0.15, 0.2) is 38.8 Å². The van der Waals surface area contributed by atoms with E-state index in [1.165, 1.54) is 28.9 Å². The standard InChI is InChI=1S/C19H21NO3S2/c1-12(2)17-8-14(9-18(13(3)4)19(17)21)7-16(10-20)25(22,23)15-5-6-24-11-15/h5-9,11-13,21H,1-4H3/b16-7+. The number of allylic oxidation sites excluding steroid dienone is 1. The Morgan fingerprint density at radius 1 is 1.20 bits per heavy atom. The average molecular weight is 376 g/mol. The van der Waals surface area contributed by atoms with Crippen LogP contribution in [0.5, 0.6) is 5.75 Å². The highest BCUT2D eigenvalue weighted by molar-refractivity contribution is 7.95. The lowest BCUT2D eigenvalue weighted by atomic mass is 9.91. The summed E-state index contributed by atoms with van der Waals surface area (Å²) in [4.78, 5) is -0.182. The zero-order valence-electron chi connectivity index (χ0n) is 14.6. The van der Waals surface area contributed by atoms with Crippen molar-refractivity contribution >= 4 is 27.3 Å². The summed E-state index contributed by atoms with van der Waals surface area (Å²) in [6.45, 7) is 7.83. The minimum Gasteiger partial charge on any atom is -0.507 e. The van der Waals surface area contributed by atoms with E-state index in [2.05, 4.69) is 0 Å². The van der Waals surface area contributed by atoms with Crippen LogP contribution in [0.4, 0.5) is 0 Å². The molecule has 1 aromatic carbocycles. The monoisotopic (exact) mass is 375 g/mol. The second-order valence-electron chi connectivity index (χ2n) is 6.44. The molecule has 0 amide bonds. The fourth-order valence-electron chi connectivity index (χ4n) is 2.52. The maximum Gasteiger partial charge on any atom is 0.217 e. The summed E-state index contributed by atoms with van der Waals surface area (Å²) in [5.41, 5.74) is 2.07. The van der Waals surface area contributed by atoms with Gasteiger partial charge in [-0.3, -0.25) is 0 Å². The molecule has 132 valence electrons. The molecule has 0 spiro atoms. The molecule has 0 unspecified atom stereocenters. The Kier molecular flexibility index (Phi) is 5.71. The number of rotatable bonds is 5. The Morgan fingerprint density at radius 2 is 1.76 bits per heavy atom. The van der Waals surface area contributed by atoms with Crippen molar-refractivity contribution in [2.45, 2.75) is 44.4 Å². The molecule has 0 bridgehead atoms. The maximum absolute atomic E-state index is 12.6. The second kappa shape index (κ2) is 7.42. The lowest BCUT2D eigenvalue weighted by Gasteiger charge is -2.16. The number of nitriles is 1. The average Bonchev–Trinajstić information content (AvgIpc) is 3.08. The largest absolute Gasteiger partial charge is 0.507 e. The van der Waals surface area contributed by atoms with Crippen LogP contribution in [0.2, 0.25) is 0 Å². The Morgan fingerprint density at radius 3 is 2.16 bits per heavy atom. The fourth-order valence-corrected chi connectivity index (χ4v) is 4.71. The van der Waals surface area contributed by atoms with E-state index in [4.69, 9.17) is 0 Å². The molecule has 1 N–H and O–H groups in total. The molecule has 0 radical (unpaired) electrons. The SMILES string of the molecule is CC(C)c1cc(/C=C(\C#N)S(=O)(=O)c2ccsc2)cc(C(C)C)c1O. The lowest BCUT2D eigenvalue weighted by Crippen LogP contribution is -2.03. The predicted molar refractivity (Wildman–Crippen MR) is 101 cm³/mol. The fraction of sp³-hybridized carbons (Fsp3) is 0.316. The zero-order chi connectivity index (χ0) is 18.8. The van der Waals surface area contributed by atoms with Gasteiger partial charge in [-0.15, -0.1) is 0 Å². The number of hydrogen-bond donors (Lipinski definition) is 1. The molecule has 1 heterocycles. The van der Waals surface area contributed by atoms with Gasteiger partial charge in [-0.05, 0) is 58.2 Å². The third-order valence-corrected chi connectivity index (χ3v) is 6.43. The normalized spacial score (nSPS) is 12.6. The van der Waals surface area contributed by atoms with Gasteiger partial charge in [0.1, 0.15) is 16.7 Å². The zero-order valence-corrected chi connectivity index (χ0v) is 16.3. The number of aromatic hydroxyl groups is 1. The Hall–Kier alpha value is -2.10. The molecule has 25 heavy (non-hydrogen) atoms. The topological polar surface area (TPSA) is 78.2 Å². The van der Waals surface area contributed by atoms with Crippen LogP contribution in [0.3, 0.4) is 0 Å². The van der Waals surface area contributed by atoms with Crippen molar-refractivity contribution in [3.63, 3.8) is 0 Å². The number of nitrogens with zero attached hydrogens (tertiary/aromatic N) is 1. The van der Waals surface area contributed by atoms with Crippen molar-refractivity contribution < 1.29 is 13.5 Å². The van der Waals surface area contributed by atoms with Gasteiger partial charge in [0.2, 0.25) is 9.84 Å². The van der Waals surface area contributed by atoms with Crippen LogP contribution in [-0.2, 0) is 9.84 Å². The molecule has 4 nitrogen and oxygen atoms in total. The van der Waals surface area contributed by atoms with Crippen LogP contribution < -0.4 is 0 Å². The van der Waals surface area contributed by atoms with Crippen molar-refractivity contribution in [3.05, 3.63) is 50.6 Å². The number of sulfone groups is 1. The first kappa shape index (κ1) is 19.2. The Bertz CT molecular complexity index is 903. The maximum atomic E-state index is 12.6. The number of phenols is 1. The molecule has 1 aromatic heterocycles. The van der Waals surface area contributed by atoms with Gasteiger partial charge in [0.05, 0.1) is 4.90 Å². The van der Waals surface area contributed by atoms with Gasteiger partial charge in [-0.2, -0.15) is 16.6 Å². The minimum atomic E-state index is -3.83. The Balaban J connectivity index is 2.65. The third kappa shape index (κ3) is 3.94. The summed E-state index contributed by atoms with van der Waals surface area (Å²) in [7, 11) is -3.83. The highest BCUT2D eigenvalue weighted by Gasteiger charge is 2.22. The van der Waals surface area contributed by atoms with Crippen molar-refractivity contribution in [2.24, 2.45) is 0 Å². The van der Waals surface area contributed by atoms with E-state index in [9.17, 15) is 18.8 Å². The molecule has 0 saturated heterocycles. The van der Waals surface area contributed by atoms with Gasteiger partial charge in [-0.1, -0.05) is 27.7 Å².